The third-order valence-electron chi connectivity index (χ3n) is 5.58. The lowest BCUT2D eigenvalue weighted by Gasteiger charge is -2.32. The van der Waals surface area contributed by atoms with Gasteiger partial charge in [0.25, 0.3) is 5.91 Å². The number of fused-ring (bicyclic) bond motifs is 1. The van der Waals surface area contributed by atoms with E-state index in [1.165, 1.54) is 5.56 Å². The molecule has 2 aromatic heterocycles. The fourth-order valence-corrected chi connectivity index (χ4v) is 3.94. The second-order valence-electron chi connectivity index (χ2n) is 7.45. The lowest BCUT2D eigenvalue weighted by molar-refractivity contribution is 0.0963. The van der Waals surface area contributed by atoms with Crippen molar-refractivity contribution in [3.05, 3.63) is 59.9 Å². The zero-order valence-corrected chi connectivity index (χ0v) is 16.2. The van der Waals surface area contributed by atoms with Gasteiger partial charge < -0.3 is 15.6 Å². The van der Waals surface area contributed by atoms with Gasteiger partial charge in [0.1, 0.15) is 5.65 Å². The highest BCUT2D eigenvalue weighted by Gasteiger charge is 2.21. The molecule has 6 heteroatoms. The van der Waals surface area contributed by atoms with Gasteiger partial charge in [0.05, 0.1) is 11.3 Å². The van der Waals surface area contributed by atoms with E-state index >= 15 is 0 Å². The predicted molar refractivity (Wildman–Crippen MR) is 112 cm³/mol. The summed E-state index contributed by atoms with van der Waals surface area (Å²) in [5.41, 5.74) is 3.64. The van der Waals surface area contributed by atoms with Gasteiger partial charge in [0, 0.05) is 37.9 Å². The van der Waals surface area contributed by atoms with Crippen LogP contribution >= 0.6 is 0 Å². The van der Waals surface area contributed by atoms with Crippen molar-refractivity contribution in [2.45, 2.75) is 19.4 Å². The number of carbonyl (C=O) groups excluding carboxylic acids is 1. The third-order valence-corrected chi connectivity index (χ3v) is 5.58. The Kier molecular flexibility index (Phi) is 5.58. The van der Waals surface area contributed by atoms with Crippen LogP contribution in [0, 0.1) is 5.92 Å². The summed E-state index contributed by atoms with van der Waals surface area (Å²) in [5.74, 6) is 0.488. The number of piperidine rings is 1. The summed E-state index contributed by atoms with van der Waals surface area (Å²) < 4.78 is 0. The molecule has 0 atom stereocenters. The highest BCUT2D eigenvalue weighted by Crippen LogP contribution is 2.27. The Morgan fingerprint density at radius 2 is 2.00 bits per heavy atom. The molecule has 1 fully saturated rings. The van der Waals surface area contributed by atoms with Crippen molar-refractivity contribution in [3.8, 4) is 0 Å². The summed E-state index contributed by atoms with van der Waals surface area (Å²) in [5, 5.41) is 7.22. The molecule has 4 rings (SSSR count). The van der Waals surface area contributed by atoms with Crippen LogP contribution in [0.3, 0.4) is 0 Å². The Bertz CT molecular complexity index is 929. The van der Waals surface area contributed by atoms with Crippen LogP contribution in [0.4, 0.5) is 5.69 Å². The fraction of sp³-hybridized carbons (Fsp3) is 0.364. The van der Waals surface area contributed by atoms with E-state index < -0.39 is 0 Å². The van der Waals surface area contributed by atoms with Crippen molar-refractivity contribution >= 4 is 22.6 Å². The molecule has 1 aliphatic heterocycles. The second kappa shape index (κ2) is 8.44. The SMILES string of the molecule is CNC(=O)c1cnc2[nH]ccc2c1NCC1CCN(Cc2ccccc2)CC1. The topological polar surface area (TPSA) is 73.0 Å². The number of carbonyl (C=O) groups is 1. The summed E-state index contributed by atoms with van der Waals surface area (Å²) in [6.45, 7) is 4.11. The molecule has 3 N–H and O–H groups in total. The van der Waals surface area contributed by atoms with Crippen molar-refractivity contribution in [2.24, 2.45) is 5.92 Å². The Labute approximate surface area is 165 Å². The highest BCUT2D eigenvalue weighted by molar-refractivity contribution is 6.06. The predicted octanol–water partition coefficient (Wildman–Crippen LogP) is 3.25. The lowest BCUT2D eigenvalue weighted by atomic mass is 9.96. The molecule has 0 radical (unpaired) electrons. The number of benzene rings is 1. The van der Waals surface area contributed by atoms with E-state index in [1.807, 2.05) is 12.3 Å². The van der Waals surface area contributed by atoms with Crippen LogP contribution in [0.1, 0.15) is 28.8 Å². The molecular formula is C22H27N5O. The quantitative estimate of drug-likeness (QED) is 0.617. The number of nitrogens with one attached hydrogen (secondary N) is 3. The van der Waals surface area contributed by atoms with Gasteiger partial charge in [-0.15, -0.1) is 0 Å². The summed E-state index contributed by atoms with van der Waals surface area (Å²) in [7, 11) is 1.65. The van der Waals surface area contributed by atoms with E-state index in [-0.39, 0.29) is 5.91 Å². The van der Waals surface area contributed by atoms with Crippen LogP contribution in [-0.2, 0) is 6.54 Å². The third kappa shape index (κ3) is 4.02. The Morgan fingerprint density at radius 3 is 2.75 bits per heavy atom. The van der Waals surface area contributed by atoms with Crippen LogP contribution in [-0.4, -0.2) is 47.5 Å². The Hall–Kier alpha value is -2.86. The number of H-pyrrole nitrogens is 1. The number of pyridine rings is 1. The Morgan fingerprint density at radius 1 is 1.21 bits per heavy atom. The molecule has 0 spiro atoms. The monoisotopic (exact) mass is 377 g/mol. The average Bonchev–Trinajstić information content (AvgIpc) is 3.22. The van der Waals surface area contributed by atoms with Gasteiger partial charge in [0.2, 0.25) is 0 Å². The van der Waals surface area contributed by atoms with Crippen LogP contribution in [0.15, 0.2) is 48.8 Å². The van der Waals surface area contributed by atoms with Crippen LogP contribution in [0.2, 0.25) is 0 Å². The Balaban J connectivity index is 1.38. The average molecular weight is 377 g/mol. The minimum Gasteiger partial charge on any atom is -0.383 e. The van der Waals surface area contributed by atoms with E-state index in [0.717, 1.165) is 55.7 Å². The van der Waals surface area contributed by atoms with Gasteiger partial charge >= 0.3 is 0 Å². The maximum absolute atomic E-state index is 12.3. The van der Waals surface area contributed by atoms with E-state index in [0.29, 0.717) is 11.5 Å². The summed E-state index contributed by atoms with van der Waals surface area (Å²) in [6, 6.07) is 12.6. The number of hydrogen-bond donors (Lipinski definition) is 3. The van der Waals surface area contributed by atoms with E-state index in [9.17, 15) is 4.79 Å². The first-order valence-corrected chi connectivity index (χ1v) is 9.93. The molecule has 0 aliphatic carbocycles. The van der Waals surface area contributed by atoms with Gasteiger partial charge in [-0.3, -0.25) is 9.69 Å². The molecule has 3 aromatic rings. The van der Waals surface area contributed by atoms with Gasteiger partial charge in [0.15, 0.2) is 0 Å². The smallest absolute Gasteiger partial charge is 0.254 e. The minimum atomic E-state index is -0.115. The molecule has 0 bridgehead atoms. The number of nitrogens with zero attached hydrogens (tertiary/aromatic N) is 2. The lowest BCUT2D eigenvalue weighted by Crippen LogP contribution is -2.35. The van der Waals surface area contributed by atoms with Crippen LogP contribution in [0.5, 0.6) is 0 Å². The number of aromatic nitrogens is 2. The number of hydrogen-bond acceptors (Lipinski definition) is 4. The van der Waals surface area contributed by atoms with Crippen molar-refractivity contribution in [3.63, 3.8) is 0 Å². The first-order chi connectivity index (χ1) is 13.7. The van der Waals surface area contributed by atoms with Gasteiger partial charge in [-0.05, 0) is 43.5 Å². The molecule has 0 saturated carbocycles. The standard InChI is InChI=1S/C22H27N5O/c1-23-22(28)19-14-26-21-18(7-10-24-21)20(19)25-13-16-8-11-27(12-9-16)15-17-5-3-2-4-6-17/h2-7,10,14,16H,8-9,11-13,15H2,1H3,(H,23,28)(H2,24,25,26). The number of amides is 1. The molecule has 1 aromatic carbocycles. The van der Waals surface area contributed by atoms with E-state index in [4.69, 9.17) is 0 Å². The van der Waals surface area contributed by atoms with Crippen molar-refractivity contribution in [1.82, 2.24) is 20.2 Å². The van der Waals surface area contributed by atoms with Gasteiger partial charge in [-0.1, -0.05) is 30.3 Å². The van der Waals surface area contributed by atoms with Crippen LogP contribution < -0.4 is 10.6 Å². The molecule has 6 nitrogen and oxygen atoms in total. The van der Waals surface area contributed by atoms with Gasteiger partial charge in [-0.25, -0.2) is 4.98 Å². The summed E-state index contributed by atoms with van der Waals surface area (Å²) in [6.07, 6.45) is 5.83. The normalized spacial score (nSPS) is 15.6. The first kappa shape index (κ1) is 18.5. The first-order valence-electron chi connectivity index (χ1n) is 9.93. The second-order valence-corrected chi connectivity index (χ2v) is 7.45. The fourth-order valence-electron chi connectivity index (χ4n) is 3.94. The number of anilines is 1. The molecule has 1 saturated heterocycles. The van der Waals surface area contributed by atoms with Crippen molar-refractivity contribution in [1.29, 1.82) is 0 Å². The molecule has 1 amide bonds. The largest absolute Gasteiger partial charge is 0.383 e. The summed E-state index contributed by atoms with van der Waals surface area (Å²) in [4.78, 5) is 22.3. The zero-order chi connectivity index (χ0) is 19.3. The maximum atomic E-state index is 12.3. The molecule has 28 heavy (non-hydrogen) atoms. The number of rotatable bonds is 6. The van der Waals surface area contributed by atoms with Crippen molar-refractivity contribution in [2.75, 3.05) is 32.0 Å². The maximum Gasteiger partial charge on any atom is 0.254 e. The number of likely N-dealkylation sites (tertiary alicyclic amines) is 1. The molecule has 3 heterocycles. The van der Waals surface area contributed by atoms with Crippen molar-refractivity contribution < 1.29 is 4.79 Å². The zero-order valence-electron chi connectivity index (χ0n) is 16.2. The molecule has 146 valence electrons. The van der Waals surface area contributed by atoms with Crippen LogP contribution in [0.25, 0.3) is 11.0 Å². The summed E-state index contributed by atoms with van der Waals surface area (Å²) >= 11 is 0. The molecule has 0 unspecified atom stereocenters. The number of aromatic amines is 1. The highest BCUT2D eigenvalue weighted by atomic mass is 16.1. The minimum absolute atomic E-state index is 0.115. The van der Waals surface area contributed by atoms with E-state index in [2.05, 4.69) is 55.8 Å². The molecular weight excluding hydrogens is 350 g/mol. The molecule has 1 aliphatic rings. The van der Waals surface area contributed by atoms with Gasteiger partial charge in [-0.2, -0.15) is 0 Å². The van der Waals surface area contributed by atoms with E-state index in [1.54, 1.807) is 13.2 Å².